The van der Waals surface area contributed by atoms with Gasteiger partial charge in [-0.25, -0.2) is 0 Å². The molecule has 0 atom stereocenters. The largest absolute Gasteiger partial charge is 0.481 e. The van der Waals surface area contributed by atoms with Crippen LogP contribution >= 0.6 is 11.8 Å². The minimum atomic E-state index is -0.768. The second-order valence-corrected chi connectivity index (χ2v) is 5.34. The highest BCUT2D eigenvalue weighted by atomic mass is 32.2. The molecule has 2 aromatic rings. The summed E-state index contributed by atoms with van der Waals surface area (Å²) in [5.41, 5.74) is 0. The maximum Gasteiger partial charge on any atom is 0.303 e. The van der Waals surface area contributed by atoms with E-state index in [0.29, 0.717) is 30.4 Å². The minimum Gasteiger partial charge on any atom is -0.481 e. The summed E-state index contributed by atoms with van der Waals surface area (Å²) in [6.45, 7) is 0. The van der Waals surface area contributed by atoms with Crippen molar-refractivity contribution >= 4 is 17.7 Å². The molecule has 5 nitrogen and oxygen atoms in total. The SMILES string of the molecule is O=C(O)CCCCc1nnc(CSc2ccccc2)o1. The summed E-state index contributed by atoms with van der Waals surface area (Å²) in [6, 6.07) is 10.0. The molecule has 0 bridgehead atoms. The van der Waals surface area contributed by atoms with Crippen molar-refractivity contribution in [3.63, 3.8) is 0 Å². The Kier molecular flexibility index (Phi) is 5.61. The van der Waals surface area contributed by atoms with Gasteiger partial charge in [-0.3, -0.25) is 4.79 Å². The van der Waals surface area contributed by atoms with Gasteiger partial charge in [-0.1, -0.05) is 18.2 Å². The summed E-state index contributed by atoms with van der Waals surface area (Å²) in [5.74, 6) is 1.06. The lowest BCUT2D eigenvalue weighted by molar-refractivity contribution is -0.137. The van der Waals surface area contributed by atoms with E-state index in [1.54, 1.807) is 11.8 Å². The Morgan fingerprint density at radius 1 is 1.15 bits per heavy atom. The number of carboxylic acids is 1. The average Bonchev–Trinajstić information content (AvgIpc) is 2.90. The Hall–Kier alpha value is -1.82. The highest BCUT2D eigenvalue weighted by Crippen LogP contribution is 2.21. The van der Waals surface area contributed by atoms with Gasteiger partial charge in [0.2, 0.25) is 11.8 Å². The van der Waals surface area contributed by atoms with Gasteiger partial charge in [-0.2, -0.15) is 0 Å². The molecule has 0 amide bonds. The van der Waals surface area contributed by atoms with Crippen LogP contribution in [0.15, 0.2) is 39.6 Å². The van der Waals surface area contributed by atoms with Gasteiger partial charge in [0.15, 0.2) is 0 Å². The van der Waals surface area contributed by atoms with Crippen LogP contribution in [0.2, 0.25) is 0 Å². The quantitative estimate of drug-likeness (QED) is 0.595. The lowest BCUT2D eigenvalue weighted by atomic mass is 10.2. The first-order chi connectivity index (χ1) is 9.74. The molecule has 20 heavy (non-hydrogen) atoms. The van der Waals surface area contributed by atoms with Gasteiger partial charge in [0.1, 0.15) is 0 Å². The smallest absolute Gasteiger partial charge is 0.303 e. The standard InChI is InChI=1S/C14H16N2O3S/c17-14(18)9-5-4-8-12-15-16-13(19-12)10-20-11-6-2-1-3-7-11/h1-3,6-7H,4-5,8-10H2,(H,17,18). The molecule has 0 saturated heterocycles. The van der Waals surface area contributed by atoms with Gasteiger partial charge in [-0.05, 0) is 25.0 Å². The molecule has 0 unspecified atom stereocenters. The molecule has 0 radical (unpaired) electrons. The number of aliphatic carboxylic acids is 1. The number of carbonyl (C=O) groups is 1. The van der Waals surface area contributed by atoms with E-state index in [-0.39, 0.29) is 6.42 Å². The lowest BCUT2D eigenvalue weighted by Crippen LogP contribution is -1.95. The second-order valence-electron chi connectivity index (χ2n) is 4.29. The van der Waals surface area contributed by atoms with Gasteiger partial charge >= 0.3 is 5.97 Å². The van der Waals surface area contributed by atoms with Gasteiger partial charge in [-0.15, -0.1) is 22.0 Å². The molecular weight excluding hydrogens is 276 g/mol. The van der Waals surface area contributed by atoms with Gasteiger partial charge < -0.3 is 9.52 Å². The van der Waals surface area contributed by atoms with Crippen molar-refractivity contribution in [3.8, 4) is 0 Å². The van der Waals surface area contributed by atoms with Gasteiger partial charge in [0.25, 0.3) is 0 Å². The number of carboxylic acid groups (broad SMARTS) is 1. The number of benzene rings is 1. The van der Waals surface area contributed by atoms with Crippen molar-refractivity contribution in [2.45, 2.75) is 36.3 Å². The second kappa shape index (κ2) is 7.69. The van der Waals surface area contributed by atoms with E-state index in [2.05, 4.69) is 10.2 Å². The van der Waals surface area contributed by atoms with Crippen molar-refractivity contribution in [3.05, 3.63) is 42.1 Å². The molecule has 0 aliphatic rings. The van der Waals surface area contributed by atoms with E-state index in [9.17, 15) is 4.79 Å². The number of aromatic nitrogens is 2. The van der Waals surface area contributed by atoms with Gasteiger partial charge in [0, 0.05) is 17.7 Å². The zero-order valence-corrected chi connectivity index (χ0v) is 11.8. The summed E-state index contributed by atoms with van der Waals surface area (Å²) >= 11 is 1.65. The van der Waals surface area contributed by atoms with Crippen LogP contribution < -0.4 is 0 Å². The van der Waals surface area contributed by atoms with E-state index >= 15 is 0 Å². The Bertz CT molecular complexity index is 542. The lowest BCUT2D eigenvalue weighted by Gasteiger charge is -1.97. The van der Waals surface area contributed by atoms with E-state index in [1.165, 1.54) is 0 Å². The maximum atomic E-state index is 10.4. The van der Waals surface area contributed by atoms with Crippen LogP contribution in [0.1, 0.15) is 31.0 Å². The van der Waals surface area contributed by atoms with Crippen molar-refractivity contribution in [2.75, 3.05) is 0 Å². The first-order valence-corrected chi connectivity index (χ1v) is 7.43. The Labute approximate surface area is 121 Å². The fourth-order valence-corrected chi connectivity index (χ4v) is 2.42. The number of rotatable bonds is 8. The summed E-state index contributed by atoms with van der Waals surface area (Å²) in [6.07, 6.45) is 2.20. The van der Waals surface area contributed by atoms with E-state index in [4.69, 9.17) is 9.52 Å². The first-order valence-electron chi connectivity index (χ1n) is 6.45. The van der Waals surface area contributed by atoms with Crippen LogP contribution in [0.4, 0.5) is 0 Å². The molecule has 0 spiro atoms. The molecule has 1 aromatic carbocycles. The summed E-state index contributed by atoms with van der Waals surface area (Å²) in [7, 11) is 0. The fourth-order valence-electron chi connectivity index (χ4n) is 1.66. The summed E-state index contributed by atoms with van der Waals surface area (Å²) in [4.78, 5) is 11.5. The number of hydrogen-bond acceptors (Lipinski definition) is 5. The zero-order chi connectivity index (χ0) is 14.2. The number of hydrogen-bond donors (Lipinski definition) is 1. The number of unbranched alkanes of at least 4 members (excludes halogenated alkanes) is 1. The maximum absolute atomic E-state index is 10.4. The zero-order valence-electron chi connectivity index (χ0n) is 11.0. The Morgan fingerprint density at radius 3 is 2.65 bits per heavy atom. The molecule has 106 valence electrons. The normalized spacial score (nSPS) is 10.6. The highest BCUT2D eigenvalue weighted by molar-refractivity contribution is 7.98. The summed E-state index contributed by atoms with van der Waals surface area (Å²) < 4.78 is 5.52. The van der Waals surface area contributed by atoms with Crippen LogP contribution in [0.25, 0.3) is 0 Å². The molecule has 0 aliphatic carbocycles. The predicted molar refractivity (Wildman–Crippen MR) is 75.5 cm³/mol. The molecular formula is C14H16N2O3S. The molecule has 6 heteroatoms. The number of thioether (sulfide) groups is 1. The number of nitrogens with zero attached hydrogens (tertiary/aromatic N) is 2. The molecule has 1 heterocycles. The van der Waals surface area contributed by atoms with Crippen molar-refractivity contribution < 1.29 is 14.3 Å². The fraction of sp³-hybridized carbons (Fsp3) is 0.357. The molecule has 1 aromatic heterocycles. The monoisotopic (exact) mass is 292 g/mol. The van der Waals surface area contributed by atoms with Crippen LogP contribution in [0.5, 0.6) is 0 Å². The van der Waals surface area contributed by atoms with Crippen molar-refractivity contribution in [1.82, 2.24) is 10.2 Å². The molecule has 0 aliphatic heterocycles. The van der Waals surface area contributed by atoms with Crippen LogP contribution in [-0.4, -0.2) is 21.3 Å². The first kappa shape index (κ1) is 14.6. The third kappa shape index (κ3) is 5.05. The van der Waals surface area contributed by atoms with E-state index < -0.39 is 5.97 Å². The van der Waals surface area contributed by atoms with E-state index in [1.807, 2.05) is 30.3 Å². The van der Waals surface area contributed by atoms with Crippen LogP contribution in [0.3, 0.4) is 0 Å². The Balaban J connectivity index is 1.73. The van der Waals surface area contributed by atoms with Gasteiger partial charge in [0.05, 0.1) is 5.75 Å². The molecule has 0 fully saturated rings. The van der Waals surface area contributed by atoms with Crippen LogP contribution in [-0.2, 0) is 17.0 Å². The summed E-state index contributed by atoms with van der Waals surface area (Å²) in [5, 5.41) is 16.5. The van der Waals surface area contributed by atoms with Crippen molar-refractivity contribution in [2.24, 2.45) is 0 Å². The topological polar surface area (TPSA) is 76.2 Å². The molecule has 1 N–H and O–H groups in total. The predicted octanol–water partition coefficient (Wildman–Crippen LogP) is 3.16. The van der Waals surface area contributed by atoms with E-state index in [0.717, 1.165) is 11.3 Å². The molecule has 2 rings (SSSR count). The highest BCUT2D eigenvalue weighted by Gasteiger charge is 2.07. The third-order valence-electron chi connectivity index (χ3n) is 2.65. The van der Waals surface area contributed by atoms with Crippen molar-refractivity contribution in [1.29, 1.82) is 0 Å². The number of aryl methyl sites for hydroxylation is 1. The molecule has 0 saturated carbocycles. The third-order valence-corrected chi connectivity index (χ3v) is 3.64. The van der Waals surface area contributed by atoms with Crippen LogP contribution in [0, 0.1) is 0 Å². The minimum absolute atomic E-state index is 0.185. The average molecular weight is 292 g/mol. The Morgan fingerprint density at radius 2 is 1.90 bits per heavy atom.